The Bertz CT molecular complexity index is 422. The number of hydrogen-bond donors (Lipinski definition) is 2. The van der Waals surface area contributed by atoms with Gasteiger partial charge in [-0.1, -0.05) is 0 Å². The SMILES string of the molecule is Nc1c(C(F)F)cc(=O)[nH]c1C(F)(F)F. The van der Waals surface area contributed by atoms with E-state index in [2.05, 4.69) is 0 Å². The third kappa shape index (κ3) is 2.25. The molecule has 0 amide bonds. The number of aromatic amines is 1. The highest BCUT2D eigenvalue weighted by Crippen LogP contribution is 2.35. The van der Waals surface area contributed by atoms with Crippen LogP contribution in [0.4, 0.5) is 27.6 Å². The summed E-state index contributed by atoms with van der Waals surface area (Å²) >= 11 is 0. The van der Waals surface area contributed by atoms with Gasteiger partial charge < -0.3 is 10.7 Å². The van der Waals surface area contributed by atoms with Gasteiger partial charge in [0.2, 0.25) is 5.56 Å². The van der Waals surface area contributed by atoms with Crippen molar-refractivity contribution in [1.29, 1.82) is 0 Å². The van der Waals surface area contributed by atoms with Crippen molar-refractivity contribution in [2.75, 3.05) is 5.73 Å². The zero-order valence-corrected chi connectivity index (χ0v) is 7.03. The van der Waals surface area contributed by atoms with Crippen LogP contribution in [0.25, 0.3) is 0 Å². The molecule has 0 fully saturated rings. The first-order chi connectivity index (χ1) is 6.73. The highest BCUT2D eigenvalue weighted by molar-refractivity contribution is 5.52. The lowest BCUT2D eigenvalue weighted by atomic mass is 10.2. The van der Waals surface area contributed by atoms with Crippen molar-refractivity contribution in [3.05, 3.63) is 27.7 Å². The first-order valence-electron chi connectivity index (χ1n) is 3.61. The fourth-order valence-corrected chi connectivity index (χ4v) is 0.994. The van der Waals surface area contributed by atoms with Crippen LogP contribution in [0.15, 0.2) is 10.9 Å². The molecule has 1 aromatic heterocycles. The standard InChI is InChI=1S/C7H5F5N2O/c8-6(9)2-1-3(15)14-5(4(2)13)7(10,11)12/h1,6H,13H2,(H,14,15). The molecule has 1 aromatic rings. The van der Waals surface area contributed by atoms with Crippen LogP contribution in [-0.2, 0) is 6.18 Å². The van der Waals surface area contributed by atoms with Crippen LogP contribution >= 0.6 is 0 Å². The second kappa shape index (κ2) is 3.52. The number of aromatic nitrogens is 1. The summed E-state index contributed by atoms with van der Waals surface area (Å²) in [5.41, 5.74) is -0.325. The maximum absolute atomic E-state index is 12.2. The first-order valence-corrected chi connectivity index (χ1v) is 3.61. The van der Waals surface area contributed by atoms with E-state index in [1.807, 2.05) is 0 Å². The second-order valence-electron chi connectivity index (χ2n) is 2.68. The lowest BCUT2D eigenvalue weighted by Gasteiger charge is -2.12. The summed E-state index contributed by atoms with van der Waals surface area (Å²) in [6, 6.07) is 0.342. The Morgan fingerprint density at radius 3 is 2.27 bits per heavy atom. The number of pyridine rings is 1. The molecule has 0 aliphatic rings. The number of nitrogens with two attached hydrogens (primary N) is 1. The van der Waals surface area contributed by atoms with Crippen LogP contribution in [0.5, 0.6) is 0 Å². The van der Waals surface area contributed by atoms with Crippen molar-refractivity contribution < 1.29 is 22.0 Å². The van der Waals surface area contributed by atoms with Crippen molar-refractivity contribution in [1.82, 2.24) is 4.98 Å². The van der Waals surface area contributed by atoms with Crippen LogP contribution in [0, 0.1) is 0 Å². The number of anilines is 1. The van der Waals surface area contributed by atoms with Gasteiger partial charge in [0.15, 0.2) is 0 Å². The van der Waals surface area contributed by atoms with Crippen molar-refractivity contribution in [3.8, 4) is 0 Å². The van der Waals surface area contributed by atoms with Crippen LogP contribution in [0.2, 0.25) is 0 Å². The first kappa shape index (κ1) is 11.5. The van der Waals surface area contributed by atoms with Crippen LogP contribution in [-0.4, -0.2) is 4.98 Å². The molecule has 0 bridgehead atoms. The highest BCUT2D eigenvalue weighted by Gasteiger charge is 2.36. The molecule has 1 rings (SSSR count). The van der Waals surface area contributed by atoms with Gasteiger partial charge in [-0.25, -0.2) is 8.78 Å². The van der Waals surface area contributed by atoms with Crippen molar-refractivity contribution in [3.63, 3.8) is 0 Å². The van der Waals surface area contributed by atoms with E-state index in [4.69, 9.17) is 5.73 Å². The minimum Gasteiger partial charge on any atom is -0.397 e. The number of nitrogen functional groups attached to an aromatic ring is 1. The van der Waals surface area contributed by atoms with Crippen molar-refractivity contribution in [2.24, 2.45) is 0 Å². The summed E-state index contributed by atoms with van der Waals surface area (Å²) in [7, 11) is 0. The van der Waals surface area contributed by atoms with Crippen LogP contribution in [0.3, 0.4) is 0 Å². The van der Waals surface area contributed by atoms with Gasteiger partial charge in [-0.15, -0.1) is 0 Å². The van der Waals surface area contributed by atoms with Gasteiger partial charge in [-0.3, -0.25) is 4.79 Å². The Hall–Kier alpha value is -1.60. The molecule has 3 N–H and O–H groups in total. The zero-order chi connectivity index (χ0) is 11.8. The van der Waals surface area contributed by atoms with Gasteiger partial charge in [0.1, 0.15) is 5.69 Å². The minimum atomic E-state index is -4.96. The summed E-state index contributed by atoms with van der Waals surface area (Å²) in [6.07, 6.45) is -8.19. The van der Waals surface area contributed by atoms with Crippen molar-refractivity contribution in [2.45, 2.75) is 12.6 Å². The highest BCUT2D eigenvalue weighted by atomic mass is 19.4. The van der Waals surface area contributed by atoms with E-state index < -0.39 is 35.1 Å². The Morgan fingerprint density at radius 1 is 1.33 bits per heavy atom. The Labute approximate surface area is 79.7 Å². The molecule has 0 aliphatic heterocycles. The Kier molecular flexibility index (Phi) is 2.69. The summed E-state index contributed by atoms with van der Waals surface area (Å²) < 4.78 is 60.9. The molecule has 0 aromatic carbocycles. The smallest absolute Gasteiger partial charge is 0.397 e. The lowest BCUT2D eigenvalue weighted by Crippen LogP contribution is -2.20. The van der Waals surface area contributed by atoms with Gasteiger partial charge in [0.25, 0.3) is 6.43 Å². The Balaban J connectivity index is 3.49. The number of rotatable bonds is 1. The van der Waals surface area contributed by atoms with E-state index in [9.17, 15) is 26.7 Å². The lowest BCUT2D eigenvalue weighted by molar-refractivity contribution is -0.140. The molecule has 84 valence electrons. The molecule has 0 saturated heterocycles. The third-order valence-corrected chi connectivity index (χ3v) is 1.63. The summed E-state index contributed by atoms with van der Waals surface area (Å²) in [5, 5.41) is 0. The number of halogens is 5. The summed E-state index contributed by atoms with van der Waals surface area (Å²) in [4.78, 5) is 12.0. The fraction of sp³-hybridized carbons (Fsp3) is 0.286. The predicted molar refractivity (Wildman–Crippen MR) is 41.4 cm³/mol. The summed E-state index contributed by atoms with van der Waals surface area (Å²) in [5.74, 6) is 0. The predicted octanol–water partition coefficient (Wildman–Crippen LogP) is 1.91. The number of H-pyrrole nitrogens is 1. The van der Waals surface area contributed by atoms with E-state index in [1.54, 1.807) is 0 Å². The molecular formula is C7H5F5N2O. The average molecular weight is 228 g/mol. The molecule has 1 heterocycles. The van der Waals surface area contributed by atoms with Crippen molar-refractivity contribution >= 4 is 5.69 Å². The quantitative estimate of drug-likeness (QED) is 0.721. The molecule has 0 spiro atoms. The molecule has 0 aliphatic carbocycles. The largest absolute Gasteiger partial charge is 0.433 e. The topological polar surface area (TPSA) is 58.9 Å². The Morgan fingerprint density at radius 2 is 1.87 bits per heavy atom. The van der Waals surface area contributed by atoms with E-state index in [-0.39, 0.29) is 0 Å². The second-order valence-corrected chi connectivity index (χ2v) is 2.68. The average Bonchev–Trinajstić information content (AvgIpc) is 2.06. The molecular weight excluding hydrogens is 223 g/mol. The maximum atomic E-state index is 12.2. The fourth-order valence-electron chi connectivity index (χ4n) is 0.994. The van der Waals surface area contributed by atoms with E-state index in [0.29, 0.717) is 6.07 Å². The normalized spacial score (nSPS) is 12.1. The molecule has 0 unspecified atom stereocenters. The third-order valence-electron chi connectivity index (χ3n) is 1.63. The van der Waals surface area contributed by atoms with Gasteiger partial charge in [-0.2, -0.15) is 13.2 Å². The minimum absolute atomic E-state index is 0.342. The van der Waals surface area contributed by atoms with Gasteiger partial charge in [-0.05, 0) is 0 Å². The summed E-state index contributed by atoms with van der Waals surface area (Å²) in [6.45, 7) is 0. The number of alkyl halides is 5. The van der Waals surface area contributed by atoms with E-state index >= 15 is 0 Å². The van der Waals surface area contributed by atoms with Crippen LogP contribution < -0.4 is 11.3 Å². The van der Waals surface area contributed by atoms with E-state index in [1.165, 1.54) is 4.98 Å². The molecule has 15 heavy (non-hydrogen) atoms. The molecule has 0 atom stereocenters. The molecule has 0 radical (unpaired) electrons. The monoisotopic (exact) mass is 228 g/mol. The van der Waals surface area contributed by atoms with E-state index in [0.717, 1.165) is 0 Å². The molecule has 8 heteroatoms. The number of hydrogen-bond acceptors (Lipinski definition) is 2. The van der Waals surface area contributed by atoms with Gasteiger partial charge >= 0.3 is 6.18 Å². The van der Waals surface area contributed by atoms with Gasteiger partial charge in [0, 0.05) is 11.6 Å². The maximum Gasteiger partial charge on any atom is 0.433 e. The van der Waals surface area contributed by atoms with Crippen LogP contribution in [0.1, 0.15) is 17.7 Å². The molecule has 0 saturated carbocycles. The molecule has 3 nitrogen and oxygen atoms in total. The zero-order valence-electron chi connectivity index (χ0n) is 7.03. The number of nitrogens with one attached hydrogen (secondary N) is 1. The van der Waals surface area contributed by atoms with Gasteiger partial charge in [0.05, 0.1) is 5.69 Å².